The van der Waals surface area contributed by atoms with Crippen molar-refractivity contribution in [2.24, 2.45) is 0 Å². The molecule has 0 saturated carbocycles. The van der Waals surface area contributed by atoms with E-state index in [1.807, 2.05) is 43.3 Å². The van der Waals surface area contributed by atoms with Crippen LogP contribution in [0.15, 0.2) is 41.2 Å². The lowest BCUT2D eigenvalue weighted by atomic mass is 10.1. The van der Waals surface area contributed by atoms with Crippen molar-refractivity contribution in [3.63, 3.8) is 0 Å². The van der Waals surface area contributed by atoms with Crippen LogP contribution in [0.3, 0.4) is 0 Å². The lowest BCUT2D eigenvalue weighted by Crippen LogP contribution is -2.20. The van der Waals surface area contributed by atoms with Gasteiger partial charge < -0.3 is 29.2 Å². The quantitative estimate of drug-likeness (QED) is 0.576. The Hall–Kier alpha value is -3.19. The highest BCUT2D eigenvalue weighted by Crippen LogP contribution is 2.38. The molecule has 0 spiro atoms. The third-order valence-corrected chi connectivity index (χ3v) is 4.57. The first-order valence-electron chi connectivity index (χ1n) is 9.38. The number of benzene rings is 2. The molecule has 29 heavy (non-hydrogen) atoms. The number of hydrogen-bond donors (Lipinski definition) is 2. The molecule has 2 aromatic carbocycles. The standard InChI is InChI=1S/C22H26N2O5/c1-5-29-17-7-6-15-10-16(22(25)24-18(15)11-17)13-23-12-14-8-19(26-2)21(28-4)20(9-14)27-3/h6-11,23H,5,12-13H2,1-4H3,(H,24,25). The van der Waals surface area contributed by atoms with Gasteiger partial charge in [0.2, 0.25) is 5.75 Å². The van der Waals surface area contributed by atoms with Gasteiger partial charge in [0.15, 0.2) is 11.5 Å². The normalized spacial score (nSPS) is 10.8. The lowest BCUT2D eigenvalue weighted by molar-refractivity contribution is 0.323. The molecule has 7 heteroatoms. The van der Waals surface area contributed by atoms with Gasteiger partial charge in [-0.3, -0.25) is 4.79 Å². The van der Waals surface area contributed by atoms with Crippen molar-refractivity contribution >= 4 is 10.9 Å². The molecule has 0 aliphatic heterocycles. The average Bonchev–Trinajstić information content (AvgIpc) is 2.73. The van der Waals surface area contributed by atoms with Crippen LogP contribution in [-0.2, 0) is 13.1 Å². The minimum absolute atomic E-state index is 0.122. The van der Waals surface area contributed by atoms with E-state index < -0.39 is 0 Å². The van der Waals surface area contributed by atoms with E-state index in [4.69, 9.17) is 18.9 Å². The van der Waals surface area contributed by atoms with Crippen LogP contribution in [0.2, 0.25) is 0 Å². The molecule has 1 aromatic heterocycles. The maximum Gasteiger partial charge on any atom is 0.252 e. The molecular weight excluding hydrogens is 372 g/mol. The summed E-state index contributed by atoms with van der Waals surface area (Å²) in [5.41, 5.74) is 2.25. The molecule has 3 aromatic rings. The van der Waals surface area contributed by atoms with Crippen LogP contribution in [0.4, 0.5) is 0 Å². The summed E-state index contributed by atoms with van der Waals surface area (Å²) in [7, 11) is 4.74. The van der Waals surface area contributed by atoms with Gasteiger partial charge in [0.1, 0.15) is 5.75 Å². The first-order chi connectivity index (χ1) is 14.1. The van der Waals surface area contributed by atoms with Gasteiger partial charge in [0.05, 0.1) is 33.5 Å². The van der Waals surface area contributed by atoms with Crippen LogP contribution in [0.5, 0.6) is 23.0 Å². The van der Waals surface area contributed by atoms with E-state index in [1.54, 1.807) is 21.3 Å². The molecule has 0 radical (unpaired) electrons. The number of aromatic amines is 1. The average molecular weight is 398 g/mol. The van der Waals surface area contributed by atoms with Gasteiger partial charge in [-0.1, -0.05) is 0 Å². The Labute approximate surface area is 169 Å². The van der Waals surface area contributed by atoms with Crippen molar-refractivity contribution in [1.29, 1.82) is 0 Å². The van der Waals surface area contributed by atoms with Crippen molar-refractivity contribution < 1.29 is 18.9 Å². The first kappa shape index (κ1) is 20.5. The van der Waals surface area contributed by atoms with Gasteiger partial charge in [0, 0.05) is 24.7 Å². The number of pyridine rings is 1. The fourth-order valence-corrected chi connectivity index (χ4v) is 3.19. The zero-order chi connectivity index (χ0) is 20.8. The van der Waals surface area contributed by atoms with Crippen molar-refractivity contribution in [3.8, 4) is 23.0 Å². The van der Waals surface area contributed by atoms with Crippen molar-refractivity contribution in [1.82, 2.24) is 10.3 Å². The number of methoxy groups -OCH3 is 3. The summed E-state index contributed by atoms with van der Waals surface area (Å²) in [5.74, 6) is 2.48. The summed E-state index contributed by atoms with van der Waals surface area (Å²) in [6.07, 6.45) is 0. The van der Waals surface area contributed by atoms with Gasteiger partial charge >= 0.3 is 0 Å². The molecule has 154 valence electrons. The van der Waals surface area contributed by atoms with Crippen LogP contribution in [0, 0.1) is 0 Å². The minimum atomic E-state index is -0.122. The Morgan fingerprint density at radius 2 is 1.66 bits per heavy atom. The summed E-state index contributed by atoms with van der Waals surface area (Å²) in [6.45, 7) is 3.47. The third-order valence-electron chi connectivity index (χ3n) is 4.57. The summed E-state index contributed by atoms with van der Waals surface area (Å²) < 4.78 is 21.6. The highest BCUT2D eigenvalue weighted by molar-refractivity contribution is 5.80. The van der Waals surface area contributed by atoms with E-state index in [-0.39, 0.29) is 5.56 Å². The molecule has 0 atom stereocenters. The molecule has 0 saturated heterocycles. The predicted molar refractivity (Wildman–Crippen MR) is 112 cm³/mol. The highest BCUT2D eigenvalue weighted by Gasteiger charge is 2.13. The fourth-order valence-electron chi connectivity index (χ4n) is 3.19. The second-order valence-corrected chi connectivity index (χ2v) is 6.44. The second kappa shape index (κ2) is 9.34. The Morgan fingerprint density at radius 1 is 0.931 bits per heavy atom. The first-order valence-corrected chi connectivity index (χ1v) is 9.38. The molecule has 2 N–H and O–H groups in total. The van der Waals surface area contributed by atoms with E-state index in [0.717, 1.165) is 22.2 Å². The van der Waals surface area contributed by atoms with E-state index in [1.165, 1.54) is 0 Å². The topological polar surface area (TPSA) is 81.8 Å². The van der Waals surface area contributed by atoms with Gasteiger partial charge in [-0.05, 0) is 48.2 Å². The molecule has 0 unspecified atom stereocenters. The largest absolute Gasteiger partial charge is 0.494 e. The van der Waals surface area contributed by atoms with E-state index in [0.29, 0.717) is 42.5 Å². The Morgan fingerprint density at radius 3 is 2.28 bits per heavy atom. The van der Waals surface area contributed by atoms with Gasteiger partial charge in [-0.25, -0.2) is 0 Å². The number of aromatic nitrogens is 1. The zero-order valence-electron chi connectivity index (χ0n) is 17.1. The minimum Gasteiger partial charge on any atom is -0.494 e. The van der Waals surface area contributed by atoms with E-state index in [9.17, 15) is 4.79 Å². The number of hydrogen-bond acceptors (Lipinski definition) is 6. The Balaban J connectivity index is 1.75. The zero-order valence-corrected chi connectivity index (χ0v) is 17.1. The second-order valence-electron chi connectivity index (χ2n) is 6.44. The van der Waals surface area contributed by atoms with Gasteiger partial charge in [-0.2, -0.15) is 0 Å². The Kier molecular flexibility index (Phi) is 6.61. The van der Waals surface area contributed by atoms with Crippen LogP contribution in [0.25, 0.3) is 10.9 Å². The van der Waals surface area contributed by atoms with Crippen molar-refractivity contribution in [2.45, 2.75) is 20.0 Å². The maximum atomic E-state index is 12.4. The van der Waals surface area contributed by atoms with Crippen LogP contribution >= 0.6 is 0 Å². The summed E-state index contributed by atoms with van der Waals surface area (Å²) in [6, 6.07) is 11.3. The lowest BCUT2D eigenvalue weighted by Gasteiger charge is -2.14. The molecule has 3 rings (SSSR count). The molecule has 7 nitrogen and oxygen atoms in total. The number of ether oxygens (including phenoxy) is 4. The third kappa shape index (κ3) is 4.63. The van der Waals surface area contributed by atoms with Crippen LogP contribution in [-0.4, -0.2) is 32.9 Å². The Bertz CT molecular complexity index is 1020. The highest BCUT2D eigenvalue weighted by atomic mass is 16.5. The van der Waals surface area contributed by atoms with E-state index >= 15 is 0 Å². The summed E-state index contributed by atoms with van der Waals surface area (Å²) in [4.78, 5) is 15.4. The molecular formula is C22H26N2O5. The molecule has 0 fully saturated rings. The van der Waals surface area contributed by atoms with Crippen molar-refractivity contribution in [3.05, 3.63) is 57.9 Å². The monoisotopic (exact) mass is 398 g/mol. The molecule has 0 aliphatic carbocycles. The number of nitrogens with one attached hydrogen (secondary N) is 2. The predicted octanol–water partition coefficient (Wildman–Crippen LogP) is 3.24. The molecule has 0 amide bonds. The molecule has 0 bridgehead atoms. The fraction of sp³-hybridized carbons (Fsp3) is 0.318. The van der Waals surface area contributed by atoms with Crippen LogP contribution < -0.4 is 29.8 Å². The molecule has 1 heterocycles. The van der Waals surface area contributed by atoms with E-state index in [2.05, 4.69) is 10.3 Å². The smallest absolute Gasteiger partial charge is 0.252 e. The summed E-state index contributed by atoms with van der Waals surface area (Å²) >= 11 is 0. The SMILES string of the molecule is CCOc1ccc2cc(CNCc3cc(OC)c(OC)c(OC)c3)c(=O)[nH]c2c1. The number of H-pyrrole nitrogens is 1. The van der Waals surface area contributed by atoms with Crippen molar-refractivity contribution in [2.75, 3.05) is 27.9 Å². The number of fused-ring (bicyclic) bond motifs is 1. The van der Waals surface area contributed by atoms with Gasteiger partial charge in [0.25, 0.3) is 5.56 Å². The molecule has 0 aliphatic rings. The van der Waals surface area contributed by atoms with Crippen LogP contribution in [0.1, 0.15) is 18.1 Å². The maximum absolute atomic E-state index is 12.4. The number of rotatable bonds is 9. The van der Waals surface area contributed by atoms with Gasteiger partial charge in [-0.15, -0.1) is 0 Å². The summed E-state index contributed by atoms with van der Waals surface area (Å²) in [5, 5.41) is 4.25.